The third-order valence-electron chi connectivity index (χ3n) is 4.30. The Balaban J connectivity index is 1.90. The number of benzene rings is 1. The lowest BCUT2D eigenvalue weighted by Crippen LogP contribution is -2.24. The van der Waals surface area contributed by atoms with E-state index in [1.807, 2.05) is 13.8 Å². The topological polar surface area (TPSA) is 82.5 Å². The second-order valence-electron chi connectivity index (χ2n) is 6.06. The van der Waals surface area contributed by atoms with E-state index in [2.05, 4.69) is 10.3 Å². The van der Waals surface area contributed by atoms with Gasteiger partial charge < -0.3 is 15.5 Å². The molecule has 1 aromatic heterocycles. The predicted molar refractivity (Wildman–Crippen MR) is 98.4 cm³/mol. The summed E-state index contributed by atoms with van der Waals surface area (Å²) in [7, 11) is 0. The molecule has 1 amide bonds. The minimum absolute atomic E-state index is 0.0370. The zero-order valence-corrected chi connectivity index (χ0v) is 15.4. The molecule has 2 aromatic rings. The predicted octanol–water partition coefficient (Wildman–Crippen LogP) is 3.91. The Morgan fingerprint density at radius 2 is 1.88 bits per heavy atom. The van der Waals surface area contributed by atoms with Gasteiger partial charge in [0.25, 0.3) is 5.91 Å². The molecule has 1 unspecified atom stereocenters. The number of pyridine rings is 1. The van der Waals surface area contributed by atoms with Gasteiger partial charge in [0, 0.05) is 6.54 Å². The van der Waals surface area contributed by atoms with Gasteiger partial charge in [-0.1, -0.05) is 12.1 Å². The molecule has 0 bridgehead atoms. The van der Waals surface area contributed by atoms with E-state index in [1.54, 1.807) is 25.1 Å². The van der Waals surface area contributed by atoms with Gasteiger partial charge in [-0.05, 0) is 56.9 Å². The number of aromatic hydroxyl groups is 2. The molecular formula is C19H23ClN2O3. The molecule has 0 aliphatic carbocycles. The Morgan fingerprint density at radius 1 is 1.20 bits per heavy atom. The highest BCUT2D eigenvalue weighted by atomic mass is 35.5. The SMILES string of the molecule is Cc1nc(C(Cl)CCCNC(=O)c2ccccc2O)c(C)c(C)c1O. The van der Waals surface area contributed by atoms with Crippen LogP contribution in [0.15, 0.2) is 24.3 Å². The first kappa shape index (κ1) is 19.1. The maximum Gasteiger partial charge on any atom is 0.255 e. The fourth-order valence-electron chi connectivity index (χ4n) is 2.64. The second kappa shape index (κ2) is 8.21. The summed E-state index contributed by atoms with van der Waals surface area (Å²) in [6.07, 6.45) is 1.31. The molecule has 1 aromatic carbocycles. The van der Waals surface area contributed by atoms with Crippen molar-refractivity contribution in [2.45, 2.75) is 39.0 Å². The van der Waals surface area contributed by atoms with Crippen molar-refractivity contribution in [3.63, 3.8) is 0 Å². The van der Waals surface area contributed by atoms with E-state index < -0.39 is 0 Å². The maximum absolute atomic E-state index is 12.0. The number of para-hydroxylation sites is 1. The van der Waals surface area contributed by atoms with E-state index in [9.17, 15) is 15.0 Å². The van der Waals surface area contributed by atoms with E-state index in [0.717, 1.165) is 16.8 Å². The van der Waals surface area contributed by atoms with Crippen molar-refractivity contribution in [2.75, 3.05) is 6.54 Å². The van der Waals surface area contributed by atoms with Gasteiger partial charge >= 0.3 is 0 Å². The minimum atomic E-state index is -0.310. The number of aryl methyl sites for hydroxylation is 1. The summed E-state index contributed by atoms with van der Waals surface area (Å²) in [6, 6.07) is 6.42. The third-order valence-corrected chi connectivity index (χ3v) is 4.72. The Kier molecular flexibility index (Phi) is 6.26. The fraction of sp³-hybridized carbons (Fsp3) is 0.368. The van der Waals surface area contributed by atoms with Crippen molar-refractivity contribution in [2.24, 2.45) is 0 Å². The van der Waals surface area contributed by atoms with Gasteiger partial charge in [-0.15, -0.1) is 11.6 Å². The van der Waals surface area contributed by atoms with E-state index in [4.69, 9.17) is 11.6 Å². The first-order valence-corrected chi connectivity index (χ1v) is 8.63. The summed E-state index contributed by atoms with van der Waals surface area (Å²) in [6.45, 7) is 5.94. The van der Waals surface area contributed by atoms with Gasteiger partial charge in [-0.25, -0.2) is 0 Å². The van der Waals surface area contributed by atoms with Gasteiger partial charge in [-0.3, -0.25) is 9.78 Å². The van der Waals surface area contributed by atoms with Crippen LogP contribution in [0.2, 0.25) is 0 Å². The molecule has 5 nitrogen and oxygen atoms in total. The third kappa shape index (κ3) is 4.42. The van der Waals surface area contributed by atoms with Gasteiger partial charge in [0.05, 0.1) is 22.3 Å². The number of alkyl halides is 1. The molecule has 0 saturated heterocycles. The van der Waals surface area contributed by atoms with Gasteiger partial charge in [-0.2, -0.15) is 0 Å². The number of hydrogen-bond donors (Lipinski definition) is 3. The van der Waals surface area contributed by atoms with Crippen molar-refractivity contribution < 1.29 is 15.0 Å². The second-order valence-corrected chi connectivity index (χ2v) is 6.59. The number of nitrogens with one attached hydrogen (secondary N) is 1. The molecule has 25 heavy (non-hydrogen) atoms. The molecule has 0 aliphatic heterocycles. The number of carbonyl (C=O) groups excluding carboxylic acids is 1. The normalized spacial score (nSPS) is 12.0. The van der Waals surface area contributed by atoms with Crippen LogP contribution >= 0.6 is 11.6 Å². The number of phenols is 1. The van der Waals surface area contributed by atoms with Crippen molar-refractivity contribution >= 4 is 17.5 Å². The van der Waals surface area contributed by atoms with Gasteiger partial charge in [0.15, 0.2) is 0 Å². The molecule has 0 aliphatic rings. The van der Waals surface area contributed by atoms with Gasteiger partial charge in [0.1, 0.15) is 11.5 Å². The molecule has 0 saturated carbocycles. The Hall–Kier alpha value is -2.27. The monoisotopic (exact) mass is 362 g/mol. The van der Waals surface area contributed by atoms with Gasteiger partial charge in [0.2, 0.25) is 0 Å². The summed E-state index contributed by atoms with van der Waals surface area (Å²) in [5, 5.41) is 22.1. The fourth-order valence-corrected chi connectivity index (χ4v) is 3.01. The molecule has 1 heterocycles. The van der Waals surface area contributed by atoms with Crippen LogP contribution in [0.3, 0.4) is 0 Å². The summed E-state index contributed by atoms with van der Waals surface area (Å²) in [4.78, 5) is 16.4. The molecule has 3 N–H and O–H groups in total. The van der Waals surface area contributed by atoms with Crippen LogP contribution in [0, 0.1) is 20.8 Å². The molecule has 0 radical (unpaired) electrons. The van der Waals surface area contributed by atoms with Crippen molar-refractivity contribution in [1.82, 2.24) is 10.3 Å². The number of phenolic OH excluding ortho intramolecular Hbond substituents is 1. The Bertz CT molecular complexity index is 778. The highest BCUT2D eigenvalue weighted by Gasteiger charge is 2.18. The molecule has 134 valence electrons. The number of rotatable bonds is 6. The lowest BCUT2D eigenvalue weighted by Gasteiger charge is -2.16. The zero-order chi connectivity index (χ0) is 18.6. The minimum Gasteiger partial charge on any atom is -0.507 e. The number of aromatic nitrogens is 1. The summed E-state index contributed by atoms with van der Waals surface area (Å²) >= 11 is 6.47. The van der Waals surface area contributed by atoms with Crippen LogP contribution in [0.4, 0.5) is 0 Å². The first-order chi connectivity index (χ1) is 11.8. The number of hydrogen-bond acceptors (Lipinski definition) is 4. The van der Waals surface area contributed by atoms with E-state index >= 15 is 0 Å². The van der Waals surface area contributed by atoms with Crippen molar-refractivity contribution in [1.29, 1.82) is 0 Å². The standard InChI is InChI=1S/C19H23ClN2O3/c1-11-12(2)18(24)13(3)22-17(11)15(20)8-6-10-21-19(25)14-7-4-5-9-16(14)23/h4-5,7,9,15,23-24H,6,8,10H2,1-3H3,(H,21,25). The Morgan fingerprint density at radius 3 is 2.56 bits per heavy atom. The summed E-state index contributed by atoms with van der Waals surface area (Å²) in [5.74, 6) is -0.139. The average molecular weight is 363 g/mol. The zero-order valence-electron chi connectivity index (χ0n) is 14.6. The number of halogens is 1. The maximum atomic E-state index is 12.0. The van der Waals surface area contributed by atoms with Crippen LogP contribution in [0.1, 0.15) is 51.1 Å². The smallest absolute Gasteiger partial charge is 0.255 e. The lowest BCUT2D eigenvalue weighted by molar-refractivity contribution is 0.0950. The van der Waals surface area contributed by atoms with E-state index in [1.165, 1.54) is 6.07 Å². The number of nitrogens with zero attached hydrogens (tertiary/aromatic N) is 1. The summed E-state index contributed by atoms with van der Waals surface area (Å²) < 4.78 is 0. The quantitative estimate of drug-likeness (QED) is 0.537. The van der Waals surface area contributed by atoms with Crippen LogP contribution in [0.25, 0.3) is 0 Å². The Labute approximate surface area is 152 Å². The van der Waals surface area contributed by atoms with Crippen molar-refractivity contribution in [3.05, 3.63) is 52.3 Å². The lowest BCUT2D eigenvalue weighted by atomic mass is 10.0. The average Bonchev–Trinajstić information content (AvgIpc) is 2.60. The van der Waals surface area contributed by atoms with E-state index in [-0.39, 0.29) is 28.3 Å². The molecule has 0 spiro atoms. The summed E-state index contributed by atoms with van der Waals surface area (Å²) in [5.41, 5.74) is 3.27. The van der Waals surface area contributed by atoms with Crippen LogP contribution < -0.4 is 5.32 Å². The number of carbonyl (C=O) groups is 1. The van der Waals surface area contributed by atoms with Crippen molar-refractivity contribution in [3.8, 4) is 11.5 Å². The van der Waals surface area contributed by atoms with E-state index in [0.29, 0.717) is 25.1 Å². The molecular weight excluding hydrogens is 340 g/mol. The molecule has 0 fully saturated rings. The van der Waals surface area contributed by atoms with Crippen LogP contribution in [-0.2, 0) is 0 Å². The first-order valence-electron chi connectivity index (χ1n) is 8.19. The van der Waals surface area contributed by atoms with Crippen LogP contribution in [-0.4, -0.2) is 27.6 Å². The largest absolute Gasteiger partial charge is 0.507 e. The molecule has 6 heteroatoms. The number of amides is 1. The molecule has 1 atom stereocenters. The van der Waals surface area contributed by atoms with Crippen LogP contribution in [0.5, 0.6) is 11.5 Å². The highest BCUT2D eigenvalue weighted by molar-refractivity contribution is 6.20. The molecule has 2 rings (SSSR count). The highest BCUT2D eigenvalue weighted by Crippen LogP contribution is 2.32.